The Morgan fingerprint density at radius 2 is 1.96 bits per heavy atom. The number of nitrogens with two attached hydrogens (primary N) is 1. The van der Waals surface area contributed by atoms with Crippen LogP contribution in [0.1, 0.15) is 34.1 Å². The third kappa shape index (κ3) is 3.40. The SMILES string of the molecule is CCOC(=O)c1c(C)nc(Oc2ccc(C)cc2)c(C#N)c1N. The molecule has 0 amide bonds. The van der Waals surface area contributed by atoms with Gasteiger partial charge in [-0.25, -0.2) is 9.78 Å². The number of carbonyl (C=O) groups is 1. The van der Waals surface area contributed by atoms with Crippen LogP contribution in [-0.2, 0) is 4.74 Å². The monoisotopic (exact) mass is 311 g/mol. The highest BCUT2D eigenvalue weighted by Gasteiger charge is 2.23. The molecular formula is C17H17N3O3. The van der Waals surface area contributed by atoms with Gasteiger partial charge in [0.2, 0.25) is 5.88 Å². The van der Waals surface area contributed by atoms with Crippen molar-refractivity contribution >= 4 is 11.7 Å². The molecule has 1 aromatic carbocycles. The van der Waals surface area contributed by atoms with Crippen molar-refractivity contribution < 1.29 is 14.3 Å². The predicted octanol–water partition coefficient (Wildman–Crippen LogP) is 3.12. The number of nitrogens with zero attached hydrogens (tertiary/aromatic N) is 2. The molecule has 0 aliphatic carbocycles. The number of esters is 1. The highest BCUT2D eigenvalue weighted by Crippen LogP contribution is 2.31. The predicted molar refractivity (Wildman–Crippen MR) is 85.3 cm³/mol. The Balaban J connectivity index is 2.47. The van der Waals surface area contributed by atoms with Crippen molar-refractivity contribution in [3.8, 4) is 17.7 Å². The van der Waals surface area contributed by atoms with Gasteiger partial charge in [-0.1, -0.05) is 17.7 Å². The van der Waals surface area contributed by atoms with E-state index < -0.39 is 5.97 Å². The second-order valence-corrected chi connectivity index (χ2v) is 4.91. The Hall–Kier alpha value is -3.07. The standard InChI is InChI=1S/C17H17N3O3/c1-4-22-17(21)14-11(3)20-16(13(9-18)15(14)19)23-12-7-5-10(2)6-8-12/h5-8H,4H2,1-3H3,(H2,19,20). The van der Waals surface area contributed by atoms with Gasteiger partial charge in [0, 0.05) is 0 Å². The van der Waals surface area contributed by atoms with Gasteiger partial charge < -0.3 is 15.2 Å². The largest absolute Gasteiger partial charge is 0.462 e. The van der Waals surface area contributed by atoms with E-state index in [0.29, 0.717) is 11.4 Å². The van der Waals surface area contributed by atoms with E-state index in [1.807, 2.05) is 25.1 Å². The molecule has 6 heteroatoms. The maximum Gasteiger partial charge on any atom is 0.342 e. The van der Waals surface area contributed by atoms with E-state index >= 15 is 0 Å². The van der Waals surface area contributed by atoms with E-state index in [2.05, 4.69) is 4.98 Å². The topological polar surface area (TPSA) is 98.2 Å². The van der Waals surface area contributed by atoms with Gasteiger partial charge in [0.25, 0.3) is 0 Å². The lowest BCUT2D eigenvalue weighted by Crippen LogP contribution is -2.13. The van der Waals surface area contributed by atoms with Crippen LogP contribution < -0.4 is 10.5 Å². The third-order valence-electron chi connectivity index (χ3n) is 3.21. The van der Waals surface area contributed by atoms with Gasteiger partial charge in [-0.15, -0.1) is 0 Å². The average molecular weight is 311 g/mol. The molecule has 6 nitrogen and oxygen atoms in total. The summed E-state index contributed by atoms with van der Waals surface area (Å²) >= 11 is 0. The molecule has 2 rings (SSSR count). The summed E-state index contributed by atoms with van der Waals surface area (Å²) in [5.74, 6) is -0.00456. The lowest BCUT2D eigenvalue weighted by atomic mass is 10.1. The van der Waals surface area contributed by atoms with Gasteiger partial charge in [0.1, 0.15) is 22.9 Å². The van der Waals surface area contributed by atoms with Gasteiger partial charge in [-0.3, -0.25) is 0 Å². The zero-order valence-corrected chi connectivity index (χ0v) is 13.2. The zero-order valence-electron chi connectivity index (χ0n) is 13.2. The quantitative estimate of drug-likeness (QED) is 0.871. The number of nitriles is 1. The Morgan fingerprint density at radius 3 is 2.52 bits per heavy atom. The van der Waals surface area contributed by atoms with Crippen LogP contribution in [0.2, 0.25) is 0 Å². The number of anilines is 1. The number of carbonyl (C=O) groups excluding carboxylic acids is 1. The molecule has 2 aromatic rings. The summed E-state index contributed by atoms with van der Waals surface area (Å²) < 4.78 is 10.6. The summed E-state index contributed by atoms with van der Waals surface area (Å²) in [4.78, 5) is 16.2. The van der Waals surface area contributed by atoms with Crippen molar-refractivity contribution in [2.45, 2.75) is 20.8 Å². The molecular weight excluding hydrogens is 294 g/mol. The fourth-order valence-corrected chi connectivity index (χ4v) is 2.06. The number of ether oxygens (including phenoxy) is 2. The molecule has 0 radical (unpaired) electrons. The zero-order chi connectivity index (χ0) is 17.0. The summed E-state index contributed by atoms with van der Waals surface area (Å²) in [5, 5.41) is 9.35. The second-order valence-electron chi connectivity index (χ2n) is 4.91. The normalized spacial score (nSPS) is 10.0. The first-order valence-corrected chi connectivity index (χ1v) is 7.09. The van der Waals surface area contributed by atoms with Crippen LogP contribution in [0.25, 0.3) is 0 Å². The minimum Gasteiger partial charge on any atom is -0.462 e. The van der Waals surface area contributed by atoms with Crippen molar-refractivity contribution in [3.05, 3.63) is 46.6 Å². The molecule has 0 saturated heterocycles. The molecule has 0 fully saturated rings. The summed E-state index contributed by atoms with van der Waals surface area (Å²) in [6.07, 6.45) is 0. The van der Waals surface area contributed by atoms with Crippen molar-refractivity contribution in [2.24, 2.45) is 0 Å². The van der Waals surface area contributed by atoms with Crippen LogP contribution in [0, 0.1) is 25.2 Å². The van der Waals surface area contributed by atoms with E-state index in [1.165, 1.54) is 0 Å². The Kier molecular flexibility index (Phi) is 4.82. The number of aromatic nitrogens is 1. The molecule has 0 unspecified atom stereocenters. The summed E-state index contributed by atoms with van der Waals surface area (Å²) in [5.41, 5.74) is 7.52. The van der Waals surface area contributed by atoms with Gasteiger partial charge in [0.15, 0.2) is 0 Å². The Labute approximate surface area is 134 Å². The van der Waals surface area contributed by atoms with Gasteiger partial charge in [-0.05, 0) is 32.9 Å². The maximum absolute atomic E-state index is 12.0. The van der Waals surface area contributed by atoms with Crippen molar-refractivity contribution in [3.63, 3.8) is 0 Å². The molecule has 0 spiro atoms. The fourth-order valence-electron chi connectivity index (χ4n) is 2.06. The first-order valence-electron chi connectivity index (χ1n) is 7.09. The van der Waals surface area contributed by atoms with Gasteiger partial charge in [-0.2, -0.15) is 5.26 Å². The van der Waals surface area contributed by atoms with Crippen LogP contribution in [0.4, 0.5) is 5.69 Å². The van der Waals surface area contributed by atoms with E-state index in [4.69, 9.17) is 15.2 Å². The molecule has 0 aliphatic rings. The van der Waals surface area contributed by atoms with Crippen LogP contribution in [0.15, 0.2) is 24.3 Å². The number of benzene rings is 1. The molecule has 1 heterocycles. The molecule has 1 aromatic heterocycles. The lowest BCUT2D eigenvalue weighted by molar-refractivity contribution is 0.0526. The van der Waals surface area contributed by atoms with Crippen LogP contribution >= 0.6 is 0 Å². The number of hydrogen-bond acceptors (Lipinski definition) is 6. The van der Waals surface area contributed by atoms with E-state index in [0.717, 1.165) is 5.56 Å². The third-order valence-corrected chi connectivity index (χ3v) is 3.21. The summed E-state index contributed by atoms with van der Waals surface area (Å²) in [6, 6.07) is 9.23. The number of pyridine rings is 1. The lowest BCUT2D eigenvalue weighted by Gasteiger charge is -2.13. The van der Waals surface area contributed by atoms with Crippen molar-refractivity contribution in [1.82, 2.24) is 4.98 Å². The molecule has 118 valence electrons. The minimum atomic E-state index is -0.603. The van der Waals surface area contributed by atoms with E-state index in [9.17, 15) is 10.1 Å². The maximum atomic E-state index is 12.0. The van der Waals surface area contributed by atoms with Crippen molar-refractivity contribution in [2.75, 3.05) is 12.3 Å². The highest BCUT2D eigenvalue weighted by atomic mass is 16.5. The second kappa shape index (κ2) is 6.79. The fraction of sp³-hybridized carbons (Fsp3) is 0.235. The van der Waals surface area contributed by atoms with E-state index in [-0.39, 0.29) is 29.3 Å². The highest BCUT2D eigenvalue weighted by molar-refractivity contribution is 5.98. The van der Waals surface area contributed by atoms with Crippen LogP contribution in [0.5, 0.6) is 11.6 Å². The molecule has 2 N–H and O–H groups in total. The van der Waals surface area contributed by atoms with Gasteiger partial charge in [0.05, 0.1) is 18.0 Å². The summed E-state index contributed by atoms with van der Waals surface area (Å²) in [6.45, 7) is 5.48. The minimum absolute atomic E-state index is 0.0132. The summed E-state index contributed by atoms with van der Waals surface area (Å²) in [7, 11) is 0. The number of hydrogen-bond donors (Lipinski definition) is 1. The number of nitrogen functional groups attached to an aromatic ring is 1. The van der Waals surface area contributed by atoms with Crippen LogP contribution in [-0.4, -0.2) is 17.6 Å². The molecule has 0 saturated carbocycles. The number of rotatable bonds is 4. The molecule has 0 bridgehead atoms. The van der Waals surface area contributed by atoms with Gasteiger partial charge >= 0.3 is 5.97 Å². The number of aryl methyl sites for hydroxylation is 2. The average Bonchev–Trinajstić information content (AvgIpc) is 2.50. The smallest absolute Gasteiger partial charge is 0.342 e. The molecule has 0 aliphatic heterocycles. The Bertz CT molecular complexity index is 777. The van der Waals surface area contributed by atoms with Crippen molar-refractivity contribution in [1.29, 1.82) is 5.26 Å². The van der Waals surface area contributed by atoms with E-state index in [1.54, 1.807) is 26.0 Å². The molecule has 0 atom stereocenters. The molecule has 23 heavy (non-hydrogen) atoms. The first-order chi connectivity index (χ1) is 11.0. The Morgan fingerprint density at radius 1 is 1.30 bits per heavy atom. The first kappa shape index (κ1) is 16.3. The van der Waals surface area contributed by atoms with Crippen LogP contribution in [0.3, 0.4) is 0 Å².